The number of hydrogen-bond donors (Lipinski definition) is 1. The molecule has 124 valence electrons. The Bertz CT molecular complexity index is 618. The van der Waals surface area contributed by atoms with Crippen molar-refractivity contribution in [3.8, 4) is 0 Å². The van der Waals surface area contributed by atoms with Gasteiger partial charge in [0.2, 0.25) is 11.8 Å². The highest BCUT2D eigenvalue weighted by Gasteiger charge is 2.49. The third-order valence-corrected chi connectivity index (χ3v) is 5.31. The van der Waals surface area contributed by atoms with Crippen LogP contribution in [0.2, 0.25) is 0 Å². The summed E-state index contributed by atoms with van der Waals surface area (Å²) < 4.78 is 0. The minimum atomic E-state index is -0.150. The van der Waals surface area contributed by atoms with E-state index in [-0.39, 0.29) is 23.7 Å². The molecule has 2 fully saturated rings. The Hall–Kier alpha value is -1.84. The highest BCUT2D eigenvalue weighted by Crippen LogP contribution is 2.41. The van der Waals surface area contributed by atoms with Gasteiger partial charge in [0.1, 0.15) is 0 Å². The van der Waals surface area contributed by atoms with Gasteiger partial charge < -0.3 is 10.2 Å². The maximum Gasteiger partial charge on any atom is 0.228 e. The molecular weight excluding hydrogens is 288 g/mol. The zero-order chi connectivity index (χ0) is 16.6. The first kappa shape index (κ1) is 16.0. The number of nitrogens with zero attached hydrogens (tertiary/aromatic N) is 1. The third kappa shape index (κ3) is 3.57. The molecule has 1 N–H and O–H groups in total. The molecule has 2 unspecified atom stereocenters. The van der Waals surface area contributed by atoms with Crippen LogP contribution in [0.3, 0.4) is 0 Å². The maximum atomic E-state index is 12.5. The van der Waals surface area contributed by atoms with E-state index in [4.69, 9.17) is 0 Å². The van der Waals surface area contributed by atoms with E-state index >= 15 is 0 Å². The molecule has 1 aliphatic heterocycles. The molecule has 4 heteroatoms. The Labute approximate surface area is 138 Å². The van der Waals surface area contributed by atoms with Gasteiger partial charge in [-0.2, -0.15) is 0 Å². The van der Waals surface area contributed by atoms with E-state index in [0.717, 1.165) is 37.2 Å². The predicted octanol–water partition coefficient (Wildman–Crippen LogP) is 3.14. The van der Waals surface area contributed by atoms with Crippen molar-refractivity contribution >= 4 is 17.5 Å². The lowest BCUT2D eigenvalue weighted by Crippen LogP contribution is -2.39. The lowest BCUT2D eigenvalue weighted by atomic mass is 9.99. The van der Waals surface area contributed by atoms with Crippen molar-refractivity contribution in [2.75, 3.05) is 18.4 Å². The summed E-state index contributed by atoms with van der Waals surface area (Å²) in [5.74, 6) is 0.620. The van der Waals surface area contributed by atoms with Gasteiger partial charge in [-0.3, -0.25) is 9.59 Å². The molecule has 0 aromatic heterocycles. The van der Waals surface area contributed by atoms with Crippen LogP contribution in [0.15, 0.2) is 18.2 Å². The van der Waals surface area contributed by atoms with Crippen LogP contribution in [0.1, 0.15) is 37.3 Å². The molecule has 1 aromatic carbocycles. The summed E-state index contributed by atoms with van der Waals surface area (Å²) in [6.07, 6.45) is 2.86. The average Bonchev–Trinajstić information content (AvgIpc) is 3.32. The molecule has 1 aromatic rings. The molecule has 0 bridgehead atoms. The van der Waals surface area contributed by atoms with E-state index in [0.29, 0.717) is 12.3 Å². The Balaban J connectivity index is 1.54. The lowest BCUT2D eigenvalue weighted by molar-refractivity contribution is -0.135. The Morgan fingerprint density at radius 1 is 1.09 bits per heavy atom. The van der Waals surface area contributed by atoms with Crippen molar-refractivity contribution in [3.05, 3.63) is 29.3 Å². The Morgan fingerprint density at radius 3 is 2.43 bits per heavy atom. The van der Waals surface area contributed by atoms with Crippen molar-refractivity contribution < 1.29 is 9.59 Å². The van der Waals surface area contributed by atoms with Crippen LogP contribution in [0.5, 0.6) is 0 Å². The van der Waals surface area contributed by atoms with Gasteiger partial charge in [0.25, 0.3) is 0 Å². The summed E-state index contributed by atoms with van der Waals surface area (Å²) in [5, 5.41) is 2.96. The number of hydrogen-bond acceptors (Lipinski definition) is 2. The van der Waals surface area contributed by atoms with E-state index in [2.05, 4.69) is 19.2 Å². The molecule has 3 rings (SSSR count). The highest BCUT2D eigenvalue weighted by molar-refractivity contribution is 5.99. The van der Waals surface area contributed by atoms with E-state index in [1.54, 1.807) is 0 Å². The van der Waals surface area contributed by atoms with Crippen molar-refractivity contribution in [2.24, 2.45) is 17.8 Å². The molecule has 2 aliphatic rings. The van der Waals surface area contributed by atoms with Crippen LogP contribution in [0.4, 0.5) is 5.69 Å². The van der Waals surface area contributed by atoms with E-state index in [1.807, 2.05) is 30.0 Å². The second kappa shape index (κ2) is 6.34. The fourth-order valence-electron chi connectivity index (χ4n) is 3.28. The summed E-state index contributed by atoms with van der Waals surface area (Å²) in [6.45, 7) is 8.02. The standard InChI is InChI=1S/C19H26N2O2/c1-12-6-8-21(9-7-12)19(23)17-11-16(17)18(22)20-15-5-4-13(2)14(3)10-15/h4-5,10,12,16-17H,6-9,11H2,1-3H3,(H,20,22). The molecule has 2 amide bonds. The quantitative estimate of drug-likeness (QED) is 0.932. The van der Waals surface area contributed by atoms with Crippen LogP contribution in [0, 0.1) is 31.6 Å². The van der Waals surface area contributed by atoms with Gasteiger partial charge in [-0.25, -0.2) is 0 Å². The first-order valence-corrected chi connectivity index (χ1v) is 8.62. The number of likely N-dealkylation sites (tertiary alicyclic amines) is 1. The zero-order valence-electron chi connectivity index (χ0n) is 14.3. The second-order valence-electron chi connectivity index (χ2n) is 7.24. The number of nitrogens with one attached hydrogen (secondary N) is 1. The number of benzene rings is 1. The number of rotatable bonds is 3. The van der Waals surface area contributed by atoms with Crippen molar-refractivity contribution in [1.29, 1.82) is 0 Å². The van der Waals surface area contributed by atoms with Gasteiger partial charge in [0.15, 0.2) is 0 Å². The fraction of sp³-hybridized carbons (Fsp3) is 0.579. The number of aryl methyl sites for hydroxylation is 2. The van der Waals surface area contributed by atoms with Crippen LogP contribution < -0.4 is 5.32 Å². The molecule has 23 heavy (non-hydrogen) atoms. The maximum absolute atomic E-state index is 12.5. The predicted molar refractivity (Wildman–Crippen MR) is 91.1 cm³/mol. The molecule has 1 saturated heterocycles. The third-order valence-electron chi connectivity index (χ3n) is 5.31. The van der Waals surface area contributed by atoms with Crippen LogP contribution in [0.25, 0.3) is 0 Å². The molecule has 4 nitrogen and oxygen atoms in total. The number of anilines is 1. The first-order chi connectivity index (χ1) is 11.0. The second-order valence-corrected chi connectivity index (χ2v) is 7.24. The number of piperidine rings is 1. The smallest absolute Gasteiger partial charge is 0.228 e. The van der Waals surface area contributed by atoms with Gasteiger partial charge in [0, 0.05) is 18.8 Å². The molecule has 1 saturated carbocycles. The fourth-order valence-corrected chi connectivity index (χ4v) is 3.28. The molecule has 1 heterocycles. The first-order valence-electron chi connectivity index (χ1n) is 8.62. The van der Waals surface area contributed by atoms with Gasteiger partial charge in [-0.05, 0) is 62.3 Å². The number of carbonyl (C=O) groups excluding carboxylic acids is 2. The lowest BCUT2D eigenvalue weighted by Gasteiger charge is -2.30. The summed E-state index contributed by atoms with van der Waals surface area (Å²) >= 11 is 0. The highest BCUT2D eigenvalue weighted by atomic mass is 16.2. The Kier molecular flexibility index (Phi) is 4.42. The summed E-state index contributed by atoms with van der Waals surface area (Å²) in [4.78, 5) is 26.8. The van der Waals surface area contributed by atoms with Gasteiger partial charge in [0.05, 0.1) is 11.8 Å². The number of carbonyl (C=O) groups is 2. The van der Waals surface area contributed by atoms with Crippen LogP contribution in [-0.2, 0) is 9.59 Å². The largest absolute Gasteiger partial charge is 0.342 e. The minimum absolute atomic E-state index is 0.0167. The topological polar surface area (TPSA) is 49.4 Å². The summed E-state index contributed by atoms with van der Waals surface area (Å²) in [5.41, 5.74) is 3.19. The van der Waals surface area contributed by atoms with E-state index < -0.39 is 0 Å². The summed E-state index contributed by atoms with van der Waals surface area (Å²) in [7, 11) is 0. The SMILES string of the molecule is Cc1ccc(NC(=O)C2CC2C(=O)N2CCC(C)CC2)cc1C. The monoisotopic (exact) mass is 314 g/mol. The van der Waals surface area contributed by atoms with Gasteiger partial charge in [-0.1, -0.05) is 13.0 Å². The molecule has 1 aliphatic carbocycles. The molecule has 0 radical (unpaired) electrons. The van der Waals surface area contributed by atoms with Gasteiger partial charge >= 0.3 is 0 Å². The van der Waals surface area contributed by atoms with Gasteiger partial charge in [-0.15, -0.1) is 0 Å². The Morgan fingerprint density at radius 2 is 1.78 bits per heavy atom. The van der Waals surface area contributed by atoms with Crippen LogP contribution >= 0.6 is 0 Å². The van der Waals surface area contributed by atoms with E-state index in [1.165, 1.54) is 5.56 Å². The average molecular weight is 314 g/mol. The van der Waals surface area contributed by atoms with Crippen molar-refractivity contribution in [1.82, 2.24) is 4.90 Å². The molecule has 0 spiro atoms. The zero-order valence-corrected chi connectivity index (χ0v) is 14.3. The summed E-state index contributed by atoms with van der Waals surface area (Å²) in [6, 6.07) is 5.92. The minimum Gasteiger partial charge on any atom is -0.342 e. The molecule has 2 atom stereocenters. The van der Waals surface area contributed by atoms with E-state index in [9.17, 15) is 9.59 Å². The van der Waals surface area contributed by atoms with Crippen LogP contribution in [-0.4, -0.2) is 29.8 Å². The number of amides is 2. The van der Waals surface area contributed by atoms with Crippen molar-refractivity contribution in [2.45, 2.75) is 40.0 Å². The van der Waals surface area contributed by atoms with Crippen molar-refractivity contribution in [3.63, 3.8) is 0 Å². The molecular formula is C19H26N2O2. The normalized spacial score (nSPS) is 24.4.